The number of benzene rings is 1. The maximum Gasteiger partial charge on any atom is 0.239 e. The fourth-order valence-corrected chi connectivity index (χ4v) is 3.81. The molecule has 0 radical (unpaired) electrons. The van der Waals surface area contributed by atoms with E-state index in [4.69, 9.17) is 10.5 Å². The zero-order chi connectivity index (χ0) is 19.2. The lowest BCUT2D eigenvalue weighted by Gasteiger charge is -2.31. The van der Waals surface area contributed by atoms with Crippen LogP contribution < -0.4 is 5.73 Å². The Labute approximate surface area is 159 Å². The summed E-state index contributed by atoms with van der Waals surface area (Å²) in [7, 11) is 0. The van der Waals surface area contributed by atoms with Gasteiger partial charge in [-0.2, -0.15) is 0 Å². The smallest absolute Gasteiger partial charge is 0.239 e. The normalized spacial score (nSPS) is 20.2. The number of halogens is 1. The van der Waals surface area contributed by atoms with Crippen LogP contribution in [0.5, 0.6) is 0 Å². The van der Waals surface area contributed by atoms with Crippen molar-refractivity contribution in [3.63, 3.8) is 0 Å². The van der Waals surface area contributed by atoms with Gasteiger partial charge in [-0.15, -0.1) is 0 Å². The molecule has 1 atom stereocenters. The monoisotopic (exact) mass is 377 g/mol. The molecule has 2 aliphatic heterocycles. The zero-order valence-corrected chi connectivity index (χ0v) is 15.6. The van der Waals surface area contributed by atoms with Crippen molar-refractivity contribution in [1.29, 1.82) is 0 Å². The van der Waals surface area contributed by atoms with Crippen LogP contribution in [0.25, 0.3) is 0 Å². The van der Waals surface area contributed by atoms with Gasteiger partial charge in [0.2, 0.25) is 11.8 Å². The topological polar surface area (TPSA) is 75.9 Å². The summed E-state index contributed by atoms with van der Waals surface area (Å²) in [6.07, 6.45) is 2.53. The summed E-state index contributed by atoms with van der Waals surface area (Å²) < 4.78 is 18.6. The SMILES string of the molecule is NC(C(=O)N1CCCN(C(=O)Cc2cccc(F)c2)CC1)C1CCOCC1. The Hall–Kier alpha value is -1.99. The first kappa shape index (κ1) is 19.8. The fourth-order valence-electron chi connectivity index (χ4n) is 3.81. The predicted octanol–water partition coefficient (Wildman–Crippen LogP) is 1.18. The van der Waals surface area contributed by atoms with Crippen LogP contribution in [0.1, 0.15) is 24.8 Å². The molecule has 7 heteroatoms. The fraction of sp³-hybridized carbons (Fsp3) is 0.600. The maximum atomic E-state index is 13.3. The molecule has 2 amide bonds. The number of amides is 2. The highest BCUT2D eigenvalue weighted by molar-refractivity contribution is 5.82. The lowest BCUT2D eigenvalue weighted by Crippen LogP contribution is -2.50. The van der Waals surface area contributed by atoms with Gasteiger partial charge in [0.25, 0.3) is 0 Å². The summed E-state index contributed by atoms with van der Waals surface area (Å²) in [5.74, 6) is -0.236. The second-order valence-electron chi connectivity index (χ2n) is 7.34. The Balaban J connectivity index is 1.53. The molecule has 1 aromatic carbocycles. The minimum Gasteiger partial charge on any atom is -0.381 e. The number of hydrogen-bond donors (Lipinski definition) is 1. The van der Waals surface area contributed by atoms with Gasteiger partial charge in [0.05, 0.1) is 12.5 Å². The van der Waals surface area contributed by atoms with Crippen LogP contribution in [-0.2, 0) is 20.7 Å². The van der Waals surface area contributed by atoms with Gasteiger partial charge in [-0.3, -0.25) is 9.59 Å². The van der Waals surface area contributed by atoms with Crippen molar-refractivity contribution in [3.05, 3.63) is 35.6 Å². The quantitative estimate of drug-likeness (QED) is 0.855. The van der Waals surface area contributed by atoms with E-state index in [9.17, 15) is 14.0 Å². The molecule has 1 unspecified atom stereocenters. The van der Waals surface area contributed by atoms with Gasteiger partial charge in [0.1, 0.15) is 5.82 Å². The molecular formula is C20H28FN3O3. The molecule has 148 valence electrons. The Morgan fingerprint density at radius 1 is 1.15 bits per heavy atom. The van der Waals surface area contributed by atoms with Crippen LogP contribution in [-0.4, -0.2) is 67.0 Å². The largest absolute Gasteiger partial charge is 0.381 e. The van der Waals surface area contributed by atoms with Crippen molar-refractivity contribution in [1.82, 2.24) is 9.80 Å². The van der Waals surface area contributed by atoms with Crippen molar-refractivity contribution < 1.29 is 18.7 Å². The van der Waals surface area contributed by atoms with Crippen LogP contribution in [0, 0.1) is 11.7 Å². The zero-order valence-electron chi connectivity index (χ0n) is 15.6. The standard InChI is InChI=1S/C20H28FN3O3/c21-17-4-1-3-15(13-17)14-18(25)23-7-2-8-24(10-9-23)20(26)19(22)16-5-11-27-12-6-16/h1,3-4,13,16,19H,2,5-12,14,22H2. The molecule has 3 rings (SSSR count). The second-order valence-corrected chi connectivity index (χ2v) is 7.34. The number of nitrogens with zero attached hydrogens (tertiary/aromatic N) is 2. The Bertz CT molecular complexity index is 664. The van der Waals surface area contributed by atoms with Crippen molar-refractivity contribution >= 4 is 11.8 Å². The van der Waals surface area contributed by atoms with E-state index >= 15 is 0 Å². The van der Waals surface area contributed by atoms with Gasteiger partial charge in [-0.25, -0.2) is 4.39 Å². The Morgan fingerprint density at radius 2 is 1.85 bits per heavy atom. The number of carbonyl (C=O) groups is 2. The van der Waals surface area contributed by atoms with Crippen molar-refractivity contribution in [2.24, 2.45) is 11.7 Å². The van der Waals surface area contributed by atoms with Crippen LogP contribution >= 0.6 is 0 Å². The molecule has 2 N–H and O–H groups in total. The van der Waals surface area contributed by atoms with Gasteiger partial charge in [0.15, 0.2) is 0 Å². The summed E-state index contributed by atoms with van der Waals surface area (Å²) in [5.41, 5.74) is 6.89. The second kappa shape index (κ2) is 9.28. The number of hydrogen-bond acceptors (Lipinski definition) is 4. The van der Waals surface area contributed by atoms with E-state index in [0.29, 0.717) is 45.0 Å². The first-order valence-electron chi connectivity index (χ1n) is 9.69. The number of carbonyl (C=O) groups excluding carboxylic acids is 2. The molecule has 0 spiro atoms. The first-order chi connectivity index (χ1) is 13.0. The molecule has 0 bridgehead atoms. The highest BCUT2D eigenvalue weighted by Gasteiger charge is 2.31. The lowest BCUT2D eigenvalue weighted by molar-refractivity contribution is -0.135. The number of nitrogens with two attached hydrogens (primary N) is 1. The third-order valence-corrected chi connectivity index (χ3v) is 5.46. The van der Waals surface area contributed by atoms with Crippen molar-refractivity contribution in [2.45, 2.75) is 31.7 Å². The third-order valence-electron chi connectivity index (χ3n) is 5.46. The van der Waals surface area contributed by atoms with E-state index < -0.39 is 6.04 Å². The number of ether oxygens (including phenoxy) is 1. The molecule has 27 heavy (non-hydrogen) atoms. The average Bonchev–Trinajstić information content (AvgIpc) is 2.94. The van der Waals surface area contributed by atoms with Gasteiger partial charge in [-0.1, -0.05) is 12.1 Å². The summed E-state index contributed by atoms with van der Waals surface area (Å²) in [6.45, 7) is 3.51. The minimum absolute atomic E-state index is 0.0265. The van der Waals surface area contributed by atoms with Crippen LogP contribution in [0.15, 0.2) is 24.3 Å². The molecule has 2 heterocycles. The highest BCUT2D eigenvalue weighted by Crippen LogP contribution is 2.19. The third kappa shape index (κ3) is 5.26. The van der Waals surface area contributed by atoms with Gasteiger partial charge >= 0.3 is 0 Å². The molecule has 2 aliphatic rings. The summed E-state index contributed by atoms with van der Waals surface area (Å²) in [6, 6.07) is 5.62. The Morgan fingerprint density at radius 3 is 2.59 bits per heavy atom. The van der Waals surface area contributed by atoms with Crippen LogP contribution in [0.2, 0.25) is 0 Å². The maximum absolute atomic E-state index is 13.3. The summed E-state index contributed by atoms with van der Waals surface area (Å²) >= 11 is 0. The molecule has 0 saturated carbocycles. The molecule has 6 nitrogen and oxygen atoms in total. The van der Waals surface area contributed by atoms with Gasteiger partial charge < -0.3 is 20.3 Å². The summed E-state index contributed by atoms with van der Waals surface area (Å²) in [5, 5.41) is 0. The molecule has 2 fully saturated rings. The van der Waals surface area contributed by atoms with Crippen LogP contribution in [0.4, 0.5) is 4.39 Å². The van der Waals surface area contributed by atoms with Crippen molar-refractivity contribution in [3.8, 4) is 0 Å². The van der Waals surface area contributed by atoms with E-state index in [1.54, 1.807) is 21.9 Å². The van der Waals surface area contributed by atoms with E-state index in [-0.39, 0.29) is 30.0 Å². The van der Waals surface area contributed by atoms with Gasteiger partial charge in [0, 0.05) is 39.4 Å². The van der Waals surface area contributed by atoms with E-state index in [1.165, 1.54) is 12.1 Å². The minimum atomic E-state index is -0.497. The molecule has 0 aromatic heterocycles. The van der Waals surface area contributed by atoms with E-state index in [1.807, 2.05) is 0 Å². The molecule has 0 aliphatic carbocycles. The van der Waals surface area contributed by atoms with Gasteiger partial charge in [-0.05, 0) is 42.9 Å². The number of rotatable bonds is 4. The van der Waals surface area contributed by atoms with E-state index in [0.717, 1.165) is 19.3 Å². The predicted molar refractivity (Wildman–Crippen MR) is 99.4 cm³/mol. The summed E-state index contributed by atoms with van der Waals surface area (Å²) in [4.78, 5) is 28.9. The lowest BCUT2D eigenvalue weighted by atomic mass is 9.91. The highest BCUT2D eigenvalue weighted by atomic mass is 19.1. The van der Waals surface area contributed by atoms with Crippen LogP contribution in [0.3, 0.4) is 0 Å². The molecule has 2 saturated heterocycles. The van der Waals surface area contributed by atoms with E-state index in [2.05, 4.69) is 0 Å². The first-order valence-corrected chi connectivity index (χ1v) is 9.69. The van der Waals surface area contributed by atoms with Crippen molar-refractivity contribution in [2.75, 3.05) is 39.4 Å². The molecule has 1 aromatic rings. The molecular weight excluding hydrogens is 349 g/mol. The average molecular weight is 377 g/mol. The Kier molecular flexibility index (Phi) is 6.79.